The SMILES string of the molecule is Cc1cccc(OCCOc2ccc(CCN3CC(C(=O)O)CC3=O)cc2)c1C. The van der Waals surface area contributed by atoms with Crippen molar-refractivity contribution in [2.45, 2.75) is 26.7 Å². The van der Waals surface area contributed by atoms with Crippen molar-refractivity contribution in [3.8, 4) is 11.5 Å². The second-order valence-corrected chi connectivity index (χ2v) is 7.37. The van der Waals surface area contributed by atoms with Gasteiger partial charge in [-0.25, -0.2) is 0 Å². The van der Waals surface area contributed by atoms with E-state index in [2.05, 4.69) is 13.0 Å². The molecule has 3 rings (SSSR count). The Hall–Kier alpha value is -3.02. The number of carboxylic acids is 1. The zero-order valence-electron chi connectivity index (χ0n) is 16.9. The van der Waals surface area contributed by atoms with E-state index in [1.807, 2.05) is 43.3 Å². The van der Waals surface area contributed by atoms with Gasteiger partial charge in [-0.2, -0.15) is 0 Å². The minimum Gasteiger partial charge on any atom is -0.490 e. The molecule has 0 saturated carbocycles. The summed E-state index contributed by atoms with van der Waals surface area (Å²) < 4.78 is 11.5. The number of hydrogen-bond donors (Lipinski definition) is 1. The molecule has 0 radical (unpaired) electrons. The molecular weight excluding hydrogens is 370 g/mol. The predicted molar refractivity (Wildman–Crippen MR) is 109 cm³/mol. The van der Waals surface area contributed by atoms with Gasteiger partial charge in [-0.1, -0.05) is 24.3 Å². The number of aliphatic carboxylic acids is 1. The number of likely N-dealkylation sites (tertiary alicyclic amines) is 1. The fourth-order valence-corrected chi connectivity index (χ4v) is 3.36. The largest absolute Gasteiger partial charge is 0.490 e. The lowest BCUT2D eigenvalue weighted by Gasteiger charge is -2.16. The van der Waals surface area contributed by atoms with Gasteiger partial charge in [0.2, 0.25) is 5.91 Å². The van der Waals surface area contributed by atoms with Crippen molar-refractivity contribution in [2.75, 3.05) is 26.3 Å². The lowest BCUT2D eigenvalue weighted by atomic mass is 10.1. The van der Waals surface area contributed by atoms with Crippen LogP contribution in [-0.4, -0.2) is 48.2 Å². The van der Waals surface area contributed by atoms with Gasteiger partial charge in [0.15, 0.2) is 0 Å². The first-order valence-electron chi connectivity index (χ1n) is 9.85. The summed E-state index contributed by atoms with van der Waals surface area (Å²) in [6.45, 7) is 5.86. The van der Waals surface area contributed by atoms with Crippen LogP contribution in [0, 0.1) is 19.8 Å². The van der Waals surface area contributed by atoms with Crippen LogP contribution in [-0.2, 0) is 16.0 Å². The Bertz CT molecular complexity index is 862. The third kappa shape index (κ3) is 5.50. The molecule has 1 saturated heterocycles. The maximum Gasteiger partial charge on any atom is 0.308 e. The Morgan fingerprint density at radius 3 is 2.52 bits per heavy atom. The van der Waals surface area contributed by atoms with Gasteiger partial charge in [-0.3, -0.25) is 9.59 Å². The Morgan fingerprint density at radius 1 is 1.10 bits per heavy atom. The molecule has 6 nitrogen and oxygen atoms in total. The van der Waals surface area contributed by atoms with Crippen LogP contribution < -0.4 is 9.47 Å². The molecule has 29 heavy (non-hydrogen) atoms. The van der Waals surface area contributed by atoms with Gasteiger partial charge in [-0.15, -0.1) is 0 Å². The maximum atomic E-state index is 11.9. The standard InChI is InChI=1S/C23H27NO5/c1-16-4-3-5-21(17(16)2)29-13-12-28-20-8-6-18(7-9-20)10-11-24-15-19(23(26)27)14-22(24)25/h3-9,19H,10-15H2,1-2H3,(H,26,27). The third-order valence-electron chi connectivity index (χ3n) is 5.32. The van der Waals surface area contributed by atoms with Gasteiger partial charge < -0.3 is 19.5 Å². The van der Waals surface area contributed by atoms with Crippen LogP contribution in [0.5, 0.6) is 11.5 Å². The predicted octanol–water partition coefficient (Wildman–Crippen LogP) is 3.24. The fourth-order valence-electron chi connectivity index (χ4n) is 3.36. The molecule has 1 fully saturated rings. The molecular formula is C23H27NO5. The number of aryl methyl sites for hydroxylation is 1. The van der Waals surface area contributed by atoms with Crippen molar-refractivity contribution in [2.24, 2.45) is 5.92 Å². The summed E-state index contributed by atoms with van der Waals surface area (Å²) in [4.78, 5) is 24.5. The summed E-state index contributed by atoms with van der Waals surface area (Å²) in [6.07, 6.45) is 0.792. The zero-order chi connectivity index (χ0) is 20.8. The van der Waals surface area contributed by atoms with E-state index in [9.17, 15) is 9.59 Å². The van der Waals surface area contributed by atoms with Gasteiger partial charge in [0.1, 0.15) is 24.7 Å². The molecule has 2 aromatic carbocycles. The Kier molecular flexibility index (Phi) is 6.75. The van der Waals surface area contributed by atoms with Crippen LogP contribution in [0.3, 0.4) is 0 Å². The number of ether oxygens (including phenoxy) is 2. The number of amides is 1. The van der Waals surface area contributed by atoms with Crippen LogP contribution in [0.1, 0.15) is 23.1 Å². The second kappa shape index (κ2) is 9.45. The van der Waals surface area contributed by atoms with Crippen LogP contribution in [0.25, 0.3) is 0 Å². The van der Waals surface area contributed by atoms with E-state index in [-0.39, 0.29) is 12.3 Å². The molecule has 1 N–H and O–H groups in total. The molecule has 0 aliphatic carbocycles. The van der Waals surface area contributed by atoms with Gasteiger partial charge in [0.05, 0.1) is 5.92 Å². The summed E-state index contributed by atoms with van der Waals surface area (Å²) in [5.41, 5.74) is 3.42. The highest BCUT2D eigenvalue weighted by atomic mass is 16.5. The van der Waals surface area contributed by atoms with E-state index in [1.54, 1.807) is 4.90 Å². The number of benzene rings is 2. The molecule has 2 aromatic rings. The maximum absolute atomic E-state index is 11.9. The van der Waals surface area contributed by atoms with Gasteiger partial charge in [0, 0.05) is 19.5 Å². The van der Waals surface area contributed by atoms with Crippen molar-refractivity contribution in [1.82, 2.24) is 4.90 Å². The molecule has 154 valence electrons. The first-order chi connectivity index (χ1) is 13.9. The topological polar surface area (TPSA) is 76.1 Å². The van der Waals surface area contributed by atoms with Crippen LogP contribution in [0.15, 0.2) is 42.5 Å². The van der Waals surface area contributed by atoms with Crippen LogP contribution >= 0.6 is 0 Å². The Morgan fingerprint density at radius 2 is 1.83 bits per heavy atom. The molecule has 1 atom stereocenters. The number of rotatable bonds is 9. The minimum absolute atomic E-state index is 0.0822. The number of nitrogens with zero attached hydrogens (tertiary/aromatic N) is 1. The third-order valence-corrected chi connectivity index (χ3v) is 5.32. The Balaban J connectivity index is 1.40. The summed E-state index contributed by atoms with van der Waals surface area (Å²) >= 11 is 0. The van der Waals surface area contributed by atoms with E-state index < -0.39 is 11.9 Å². The normalized spacial score (nSPS) is 16.1. The smallest absolute Gasteiger partial charge is 0.308 e. The Labute approximate surface area is 171 Å². The first kappa shape index (κ1) is 20.7. The van der Waals surface area contributed by atoms with E-state index >= 15 is 0 Å². The molecule has 6 heteroatoms. The van der Waals surface area contributed by atoms with Crippen LogP contribution in [0.2, 0.25) is 0 Å². The van der Waals surface area contributed by atoms with Crippen molar-refractivity contribution in [3.63, 3.8) is 0 Å². The number of hydrogen-bond acceptors (Lipinski definition) is 4. The number of carbonyl (C=O) groups is 2. The van der Waals surface area contributed by atoms with E-state index in [0.717, 1.165) is 22.6 Å². The fraction of sp³-hybridized carbons (Fsp3) is 0.391. The average Bonchev–Trinajstić information content (AvgIpc) is 3.08. The first-order valence-corrected chi connectivity index (χ1v) is 9.85. The summed E-state index contributed by atoms with van der Waals surface area (Å²) in [6, 6.07) is 13.7. The summed E-state index contributed by atoms with van der Waals surface area (Å²) in [7, 11) is 0. The highest BCUT2D eigenvalue weighted by Crippen LogP contribution is 2.21. The lowest BCUT2D eigenvalue weighted by molar-refractivity contribution is -0.141. The quantitative estimate of drug-likeness (QED) is 0.658. The van der Waals surface area contributed by atoms with Crippen molar-refractivity contribution in [1.29, 1.82) is 0 Å². The molecule has 0 aromatic heterocycles. The molecule has 0 bridgehead atoms. The molecule has 1 heterocycles. The van der Waals surface area contributed by atoms with Gasteiger partial charge in [0.25, 0.3) is 0 Å². The van der Waals surface area contributed by atoms with E-state index in [0.29, 0.717) is 32.7 Å². The van der Waals surface area contributed by atoms with Crippen molar-refractivity contribution in [3.05, 3.63) is 59.2 Å². The lowest BCUT2D eigenvalue weighted by Crippen LogP contribution is -2.28. The minimum atomic E-state index is -0.899. The van der Waals surface area contributed by atoms with Crippen molar-refractivity contribution >= 4 is 11.9 Å². The molecule has 1 aliphatic rings. The van der Waals surface area contributed by atoms with E-state index in [4.69, 9.17) is 14.6 Å². The highest BCUT2D eigenvalue weighted by molar-refractivity contribution is 5.86. The second-order valence-electron chi connectivity index (χ2n) is 7.37. The number of carboxylic acid groups (broad SMARTS) is 1. The highest BCUT2D eigenvalue weighted by Gasteiger charge is 2.33. The van der Waals surface area contributed by atoms with Gasteiger partial charge in [-0.05, 0) is 55.2 Å². The van der Waals surface area contributed by atoms with Crippen LogP contribution in [0.4, 0.5) is 0 Å². The molecule has 1 amide bonds. The monoisotopic (exact) mass is 397 g/mol. The number of carbonyl (C=O) groups excluding carboxylic acids is 1. The van der Waals surface area contributed by atoms with Gasteiger partial charge >= 0.3 is 5.97 Å². The molecule has 1 unspecified atom stereocenters. The molecule has 0 spiro atoms. The zero-order valence-corrected chi connectivity index (χ0v) is 16.9. The summed E-state index contributed by atoms with van der Waals surface area (Å²) in [5, 5.41) is 9.04. The summed E-state index contributed by atoms with van der Waals surface area (Å²) in [5.74, 6) is 0.0845. The molecule has 1 aliphatic heterocycles. The average molecular weight is 397 g/mol. The van der Waals surface area contributed by atoms with E-state index in [1.165, 1.54) is 5.56 Å². The van der Waals surface area contributed by atoms with Crippen molar-refractivity contribution < 1.29 is 24.2 Å².